The Morgan fingerprint density at radius 1 is 0.889 bits per heavy atom. The number of nitrogens with zero attached hydrogens (tertiary/aromatic N) is 4. The maximum Gasteiger partial charge on any atom is 0.254 e. The molecule has 1 fully saturated rings. The Morgan fingerprint density at radius 3 is 2.06 bits per heavy atom. The van der Waals surface area contributed by atoms with Crippen molar-refractivity contribution in [3.8, 4) is 0 Å². The zero-order chi connectivity index (χ0) is 25.1. The summed E-state index contributed by atoms with van der Waals surface area (Å²) in [6.45, 7) is 3.79. The minimum atomic E-state index is -0.294. The van der Waals surface area contributed by atoms with E-state index in [2.05, 4.69) is 30.9 Å². The molecule has 36 heavy (non-hydrogen) atoms. The van der Waals surface area contributed by atoms with E-state index in [0.29, 0.717) is 29.1 Å². The highest BCUT2D eigenvalue weighted by atomic mass is 16.2. The Bertz CT molecular complexity index is 1440. The number of amides is 1. The predicted octanol–water partition coefficient (Wildman–Crippen LogP) is 4.65. The van der Waals surface area contributed by atoms with Crippen LogP contribution in [0.5, 0.6) is 0 Å². The smallest absolute Gasteiger partial charge is 0.254 e. The van der Waals surface area contributed by atoms with Crippen molar-refractivity contribution in [1.29, 1.82) is 0 Å². The molecule has 0 saturated heterocycles. The van der Waals surface area contributed by atoms with E-state index in [1.165, 1.54) is 22.5 Å². The first-order chi connectivity index (χ1) is 17.4. The van der Waals surface area contributed by atoms with E-state index in [1.54, 1.807) is 12.1 Å². The monoisotopic (exact) mass is 481 g/mol. The van der Waals surface area contributed by atoms with Gasteiger partial charge in [-0.1, -0.05) is 17.7 Å². The molecular formula is C27H27N7O2. The number of rotatable bonds is 8. The molecule has 1 saturated carbocycles. The molecule has 1 aliphatic rings. The van der Waals surface area contributed by atoms with Gasteiger partial charge in [-0.3, -0.25) is 14.2 Å². The molecule has 2 aromatic heterocycles. The summed E-state index contributed by atoms with van der Waals surface area (Å²) in [6.07, 6.45) is 3.60. The molecule has 2 aromatic carbocycles. The molecule has 0 radical (unpaired) electrons. The fourth-order valence-electron chi connectivity index (χ4n) is 3.78. The normalized spacial score (nSPS) is 12.7. The van der Waals surface area contributed by atoms with Crippen LogP contribution in [0, 0.1) is 13.8 Å². The van der Waals surface area contributed by atoms with Gasteiger partial charge in [-0.2, -0.15) is 0 Å². The van der Waals surface area contributed by atoms with Gasteiger partial charge in [0.2, 0.25) is 5.91 Å². The molecule has 182 valence electrons. The van der Waals surface area contributed by atoms with Crippen LogP contribution in [0.3, 0.4) is 0 Å². The molecule has 0 spiro atoms. The third-order valence-corrected chi connectivity index (χ3v) is 5.81. The fourth-order valence-corrected chi connectivity index (χ4v) is 3.78. The maximum absolute atomic E-state index is 12.4. The minimum Gasteiger partial charge on any atom is -0.340 e. The van der Waals surface area contributed by atoms with Crippen LogP contribution in [0.2, 0.25) is 0 Å². The molecule has 9 heteroatoms. The van der Waals surface area contributed by atoms with Gasteiger partial charge in [-0.25, -0.2) is 15.0 Å². The maximum atomic E-state index is 12.4. The highest BCUT2D eigenvalue weighted by Gasteiger charge is 2.25. The largest absolute Gasteiger partial charge is 0.340 e. The van der Waals surface area contributed by atoms with E-state index in [9.17, 15) is 9.59 Å². The lowest BCUT2D eigenvalue weighted by atomic mass is 10.2. The topological polar surface area (TPSA) is 114 Å². The average molecular weight is 482 g/mol. The molecule has 9 nitrogen and oxygen atoms in total. The molecule has 0 bridgehead atoms. The van der Waals surface area contributed by atoms with Crippen LogP contribution in [0.1, 0.15) is 35.8 Å². The summed E-state index contributed by atoms with van der Waals surface area (Å²) in [4.78, 5) is 37.9. The third-order valence-electron chi connectivity index (χ3n) is 5.81. The van der Waals surface area contributed by atoms with Gasteiger partial charge in [0.05, 0.1) is 12.0 Å². The van der Waals surface area contributed by atoms with Gasteiger partial charge < -0.3 is 16.0 Å². The molecule has 0 atom stereocenters. The number of nitrogens with one attached hydrogen (secondary N) is 3. The van der Waals surface area contributed by atoms with Crippen LogP contribution >= 0.6 is 0 Å². The summed E-state index contributed by atoms with van der Waals surface area (Å²) >= 11 is 0. The van der Waals surface area contributed by atoms with Gasteiger partial charge in [0.25, 0.3) is 5.56 Å². The number of anilines is 5. The molecule has 3 N–H and O–H groups in total. The fraction of sp³-hybridized carbons (Fsp3) is 0.222. The molecular weight excluding hydrogens is 454 g/mol. The van der Waals surface area contributed by atoms with Gasteiger partial charge in [0.15, 0.2) is 0 Å². The first-order valence-corrected chi connectivity index (χ1v) is 11.8. The van der Waals surface area contributed by atoms with Crippen LogP contribution in [-0.2, 0) is 11.3 Å². The number of aryl methyl sites for hydroxylation is 2. The van der Waals surface area contributed by atoms with Gasteiger partial charge in [0.1, 0.15) is 24.0 Å². The quantitative estimate of drug-likeness (QED) is 0.336. The molecule has 0 aliphatic heterocycles. The van der Waals surface area contributed by atoms with Crippen LogP contribution in [0.15, 0.2) is 71.8 Å². The molecule has 2 heterocycles. The van der Waals surface area contributed by atoms with Gasteiger partial charge in [-0.15, -0.1) is 0 Å². The summed E-state index contributed by atoms with van der Waals surface area (Å²) in [7, 11) is 0. The molecule has 5 rings (SSSR count). The standard InChI is InChI=1S/C27H27N7O2/c1-17-3-7-20(8-4-17)31-24-14-25(30-18(2)29-24)32-21-9-11-22(12-10-21)33-26(35)15-34-16-28-23(13-27(34)36)19-5-6-19/h3-4,7-14,16,19H,5-6,15H2,1-2H3,(H,33,35)(H2,29,30,31,32). The number of benzene rings is 2. The molecule has 4 aromatic rings. The highest BCUT2D eigenvalue weighted by Crippen LogP contribution is 2.38. The Balaban J connectivity index is 1.20. The summed E-state index contributed by atoms with van der Waals surface area (Å²) in [5.74, 6) is 2.07. The summed E-state index contributed by atoms with van der Waals surface area (Å²) in [6, 6.07) is 18.7. The van der Waals surface area contributed by atoms with Crippen molar-refractivity contribution in [3.63, 3.8) is 0 Å². The van der Waals surface area contributed by atoms with Crippen molar-refractivity contribution in [3.05, 3.63) is 94.4 Å². The molecule has 1 aliphatic carbocycles. The van der Waals surface area contributed by atoms with Gasteiger partial charge in [-0.05, 0) is 63.1 Å². The lowest BCUT2D eigenvalue weighted by Gasteiger charge is -2.11. The van der Waals surface area contributed by atoms with Crippen molar-refractivity contribution in [2.24, 2.45) is 0 Å². The van der Waals surface area contributed by atoms with Crippen LogP contribution in [0.25, 0.3) is 0 Å². The summed E-state index contributed by atoms with van der Waals surface area (Å²) in [5, 5.41) is 9.38. The lowest BCUT2D eigenvalue weighted by molar-refractivity contribution is -0.116. The van der Waals surface area contributed by atoms with E-state index in [4.69, 9.17) is 0 Å². The van der Waals surface area contributed by atoms with Gasteiger partial charge >= 0.3 is 0 Å². The Labute approximate surface area is 208 Å². The summed E-state index contributed by atoms with van der Waals surface area (Å²) in [5.41, 5.74) is 4.18. The second-order valence-corrected chi connectivity index (χ2v) is 8.98. The zero-order valence-corrected chi connectivity index (χ0v) is 20.2. The third kappa shape index (κ3) is 5.93. The van der Waals surface area contributed by atoms with Crippen LogP contribution < -0.4 is 21.5 Å². The number of hydrogen-bond donors (Lipinski definition) is 3. The van der Waals surface area contributed by atoms with Crippen molar-refractivity contribution in [2.45, 2.75) is 39.2 Å². The zero-order valence-electron chi connectivity index (χ0n) is 20.2. The second-order valence-electron chi connectivity index (χ2n) is 8.98. The Morgan fingerprint density at radius 2 is 1.47 bits per heavy atom. The minimum absolute atomic E-state index is 0.0895. The van der Waals surface area contributed by atoms with Crippen molar-refractivity contribution < 1.29 is 4.79 Å². The van der Waals surface area contributed by atoms with Crippen molar-refractivity contribution >= 4 is 34.6 Å². The average Bonchev–Trinajstić information content (AvgIpc) is 3.68. The first-order valence-electron chi connectivity index (χ1n) is 11.8. The van der Waals surface area contributed by atoms with E-state index >= 15 is 0 Å². The first kappa shape index (κ1) is 23.2. The van der Waals surface area contributed by atoms with Gasteiger partial charge in [0, 0.05) is 35.1 Å². The number of carbonyl (C=O) groups excluding carboxylic acids is 1. The van der Waals surface area contributed by atoms with Crippen molar-refractivity contribution in [1.82, 2.24) is 19.5 Å². The van der Waals surface area contributed by atoms with E-state index in [1.807, 2.05) is 56.3 Å². The van der Waals surface area contributed by atoms with E-state index < -0.39 is 0 Å². The van der Waals surface area contributed by atoms with Crippen molar-refractivity contribution in [2.75, 3.05) is 16.0 Å². The number of hydrogen-bond acceptors (Lipinski definition) is 7. The Kier molecular flexibility index (Phi) is 6.44. The Hall–Kier alpha value is -4.53. The van der Waals surface area contributed by atoms with Crippen LogP contribution in [-0.4, -0.2) is 25.4 Å². The van der Waals surface area contributed by atoms with Crippen LogP contribution in [0.4, 0.5) is 28.7 Å². The predicted molar refractivity (Wildman–Crippen MR) is 140 cm³/mol. The number of carbonyl (C=O) groups is 1. The lowest BCUT2D eigenvalue weighted by Crippen LogP contribution is -2.27. The second kappa shape index (κ2) is 9.99. The van der Waals surface area contributed by atoms with E-state index in [0.717, 1.165) is 29.9 Å². The number of aromatic nitrogens is 4. The van der Waals surface area contributed by atoms with E-state index in [-0.39, 0.29) is 18.0 Å². The summed E-state index contributed by atoms with van der Waals surface area (Å²) < 4.78 is 1.32. The molecule has 0 unspecified atom stereocenters. The molecule has 1 amide bonds. The SMILES string of the molecule is Cc1ccc(Nc2cc(Nc3ccc(NC(=O)Cn4cnc(C5CC5)cc4=O)cc3)nc(C)n2)cc1. The highest BCUT2D eigenvalue weighted by molar-refractivity contribution is 5.90.